The van der Waals surface area contributed by atoms with Crippen molar-refractivity contribution in [2.24, 2.45) is 12.5 Å². The highest BCUT2D eigenvalue weighted by molar-refractivity contribution is 6.39. The van der Waals surface area contributed by atoms with Crippen LogP contribution in [0.5, 0.6) is 5.88 Å². The second kappa shape index (κ2) is 13.4. The van der Waals surface area contributed by atoms with Gasteiger partial charge in [0.15, 0.2) is 5.65 Å². The number of nitrogens with zero attached hydrogens (tertiary/aromatic N) is 5. The molecular weight excluding hydrogens is 689 g/mol. The van der Waals surface area contributed by atoms with Crippen LogP contribution in [0.2, 0.25) is 10.0 Å². The first kappa shape index (κ1) is 33.9. The first-order valence-electron chi connectivity index (χ1n) is 17.2. The molecule has 0 unspecified atom stereocenters. The second-order valence-corrected chi connectivity index (χ2v) is 14.9. The summed E-state index contributed by atoms with van der Waals surface area (Å²) in [5.74, 6) is 0.587. The topological polar surface area (TPSA) is 126 Å². The summed E-state index contributed by atoms with van der Waals surface area (Å²) in [5.41, 5.74) is 6.62. The fourth-order valence-electron chi connectivity index (χ4n) is 8.05. The molecule has 1 spiro atoms. The van der Waals surface area contributed by atoms with Crippen molar-refractivity contribution < 1.29 is 14.6 Å². The van der Waals surface area contributed by atoms with Gasteiger partial charge in [-0.25, -0.2) is 9.97 Å². The van der Waals surface area contributed by atoms with E-state index >= 15 is 0 Å². The molecule has 1 saturated carbocycles. The lowest BCUT2D eigenvalue weighted by molar-refractivity contribution is -0.131. The van der Waals surface area contributed by atoms with E-state index in [1.165, 1.54) is 0 Å². The quantitative estimate of drug-likeness (QED) is 0.182. The number of nitrogens with one attached hydrogen (secondary N) is 2. The van der Waals surface area contributed by atoms with Crippen molar-refractivity contribution in [1.82, 2.24) is 34.7 Å². The highest BCUT2D eigenvalue weighted by atomic mass is 35.5. The van der Waals surface area contributed by atoms with Gasteiger partial charge in [0.25, 0.3) is 5.56 Å². The second-order valence-electron chi connectivity index (χ2n) is 14.1. The molecule has 0 bridgehead atoms. The minimum atomic E-state index is -0.175. The first-order chi connectivity index (χ1) is 24.6. The summed E-state index contributed by atoms with van der Waals surface area (Å²) >= 11 is 14.3. The Hall–Kier alpha value is -4.26. The SMILES string of the molecule is COc1nc(-c2cccc(-c3cccc(-c4cc5nc(CN6CC7(CC(O)C7)C6)cc(=O)n5n4C)c3Cl)c2Cl)ccc1CNC[C@H]1CCC(=O)N1. The van der Waals surface area contributed by atoms with Gasteiger partial charge in [0.05, 0.1) is 40.3 Å². The van der Waals surface area contributed by atoms with Gasteiger partial charge >= 0.3 is 0 Å². The van der Waals surface area contributed by atoms with Gasteiger partial charge in [0.2, 0.25) is 11.8 Å². The molecule has 3 N–H and O–H groups in total. The Morgan fingerprint density at radius 2 is 1.69 bits per heavy atom. The molecule has 2 aromatic carbocycles. The van der Waals surface area contributed by atoms with Gasteiger partial charge in [-0.15, -0.1) is 0 Å². The number of pyridine rings is 1. The monoisotopic (exact) mass is 727 g/mol. The summed E-state index contributed by atoms with van der Waals surface area (Å²) in [6, 6.07) is 19.1. The summed E-state index contributed by atoms with van der Waals surface area (Å²) in [6.45, 7) is 3.66. The number of aryl methyl sites for hydroxylation is 1. The number of fused-ring (bicyclic) bond motifs is 1. The van der Waals surface area contributed by atoms with E-state index in [0.717, 1.165) is 71.6 Å². The third-order valence-electron chi connectivity index (χ3n) is 10.5. The lowest BCUT2D eigenvalue weighted by Crippen LogP contribution is -2.63. The van der Waals surface area contributed by atoms with E-state index < -0.39 is 0 Å². The number of halogens is 2. The Balaban J connectivity index is 1.05. The van der Waals surface area contributed by atoms with Crippen molar-refractivity contribution in [2.45, 2.75) is 50.9 Å². The predicted molar refractivity (Wildman–Crippen MR) is 197 cm³/mol. The van der Waals surface area contributed by atoms with Crippen LogP contribution in [-0.4, -0.2) is 74.0 Å². The van der Waals surface area contributed by atoms with Crippen molar-refractivity contribution in [3.8, 4) is 39.5 Å². The van der Waals surface area contributed by atoms with Crippen LogP contribution in [0.25, 0.3) is 39.3 Å². The number of aromatic nitrogens is 4. The highest BCUT2D eigenvalue weighted by Gasteiger charge is 2.51. The van der Waals surface area contributed by atoms with Crippen LogP contribution in [0.15, 0.2) is 65.5 Å². The van der Waals surface area contributed by atoms with E-state index in [1.54, 1.807) is 22.4 Å². The van der Waals surface area contributed by atoms with Gasteiger partial charge in [-0.05, 0) is 25.3 Å². The van der Waals surface area contributed by atoms with E-state index in [2.05, 4.69) is 15.5 Å². The number of benzene rings is 2. The summed E-state index contributed by atoms with van der Waals surface area (Å²) in [6.07, 6.45) is 2.94. The molecule has 0 radical (unpaired) electrons. The minimum absolute atomic E-state index is 0.0945. The number of carbonyl (C=O) groups is 1. The van der Waals surface area contributed by atoms with Crippen LogP contribution in [0.3, 0.4) is 0 Å². The zero-order valence-electron chi connectivity index (χ0n) is 28.5. The summed E-state index contributed by atoms with van der Waals surface area (Å²) < 4.78 is 8.99. The summed E-state index contributed by atoms with van der Waals surface area (Å²) in [5, 5.41) is 17.1. The Kier molecular flexibility index (Phi) is 8.88. The van der Waals surface area contributed by atoms with Gasteiger partial charge in [0.1, 0.15) is 0 Å². The fourth-order valence-corrected chi connectivity index (χ4v) is 8.70. The molecule has 2 aliphatic heterocycles. The number of likely N-dealkylation sites (tertiary alicyclic amines) is 1. The molecule has 51 heavy (non-hydrogen) atoms. The molecule has 3 aromatic heterocycles. The number of aliphatic hydroxyl groups excluding tert-OH is 1. The number of ether oxygens (including phenoxy) is 1. The van der Waals surface area contributed by atoms with E-state index in [4.69, 9.17) is 37.9 Å². The maximum Gasteiger partial charge on any atom is 0.273 e. The van der Waals surface area contributed by atoms with E-state index in [0.29, 0.717) is 53.3 Å². The average molecular weight is 729 g/mol. The third-order valence-corrected chi connectivity index (χ3v) is 11.3. The molecule has 2 saturated heterocycles. The lowest BCUT2D eigenvalue weighted by Gasteiger charge is -2.57. The molecule has 3 aliphatic rings. The molecule has 1 aliphatic carbocycles. The van der Waals surface area contributed by atoms with Crippen molar-refractivity contribution >= 4 is 34.8 Å². The zero-order chi connectivity index (χ0) is 35.4. The van der Waals surface area contributed by atoms with Gasteiger partial charge < -0.3 is 20.5 Å². The largest absolute Gasteiger partial charge is 0.481 e. The Labute approximate surface area is 305 Å². The average Bonchev–Trinajstić information content (AvgIpc) is 3.65. The third kappa shape index (κ3) is 6.31. The number of hydrogen-bond acceptors (Lipinski definition) is 8. The number of amides is 1. The number of hydrogen-bond donors (Lipinski definition) is 3. The molecule has 5 heterocycles. The summed E-state index contributed by atoms with van der Waals surface area (Å²) in [7, 11) is 3.42. The highest BCUT2D eigenvalue weighted by Crippen LogP contribution is 2.48. The van der Waals surface area contributed by atoms with Crippen LogP contribution >= 0.6 is 23.2 Å². The van der Waals surface area contributed by atoms with Gasteiger partial charge in [-0.1, -0.05) is 65.7 Å². The van der Waals surface area contributed by atoms with Gasteiger partial charge in [-0.3, -0.25) is 19.2 Å². The number of carbonyl (C=O) groups excluding carboxylic acids is 1. The van der Waals surface area contributed by atoms with Crippen molar-refractivity contribution in [1.29, 1.82) is 0 Å². The van der Waals surface area contributed by atoms with Crippen molar-refractivity contribution in [3.63, 3.8) is 0 Å². The molecule has 1 atom stereocenters. The van der Waals surface area contributed by atoms with Crippen LogP contribution in [0.1, 0.15) is 36.9 Å². The minimum Gasteiger partial charge on any atom is -0.481 e. The van der Waals surface area contributed by atoms with E-state index in [1.807, 2.05) is 61.6 Å². The van der Waals surface area contributed by atoms with Gasteiger partial charge in [0, 0.05) is 97.6 Å². The standard InChI is InChI=1S/C38H39Cl2N7O4/c1-45-31(14-32-42-24(13-34(50)47(32)45)19-46-20-38(21-46)15-25(48)16-38)29-8-4-6-27(36(29)40)26-5-3-7-28(35(26)39)30-11-9-22(37(44-30)51-2)17-41-18-23-10-12-33(49)43-23/h3-9,11,13-14,23,25,41,48H,10,12,15-21H2,1-2H3,(H,43,49)/t23-/m1/s1. The Morgan fingerprint density at radius 3 is 2.37 bits per heavy atom. The van der Waals surface area contributed by atoms with E-state index in [9.17, 15) is 14.7 Å². The Bertz CT molecular complexity index is 2220. The lowest BCUT2D eigenvalue weighted by atomic mass is 9.62. The normalized spacial score (nSPS) is 18.6. The Morgan fingerprint density at radius 1 is 0.980 bits per heavy atom. The smallest absolute Gasteiger partial charge is 0.273 e. The maximum absolute atomic E-state index is 13.3. The van der Waals surface area contributed by atoms with E-state index in [-0.39, 0.29) is 29.0 Å². The number of aliphatic hydroxyl groups is 1. The maximum atomic E-state index is 13.3. The molecule has 13 heteroatoms. The molecule has 3 fully saturated rings. The number of methoxy groups -OCH3 is 1. The molecule has 11 nitrogen and oxygen atoms in total. The molecule has 5 aromatic rings. The van der Waals surface area contributed by atoms with Gasteiger partial charge in [-0.2, -0.15) is 4.52 Å². The molecule has 8 rings (SSSR count). The number of rotatable bonds is 10. The van der Waals surface area contributed by atoms with Crippen LogP contribution in [-0.2, 0) is 24.9 Å². The predicted octanol–water partition coefficient (Wildman–Crippen LogP) is 5.07. The van der Waals surface area contributed by atoms with Crippen molar-refractivity contribution in [3.05, 3.63) is 92.3 Å². The molecule has 264 valence electrons. The van der Waals surface area contributed by atoms with Crippen LogP contribution < -0.4 is 20.9 Å². The van der Waals surface area contributed by atoms with Crippen LogP contribution in [0, 0.1) is 5.41 Å². The first-order valence-corrected chi connectivity index (χ1v) is 18.0. The van der Waals surface area contributed by atoms with Crippen molar-refractivity contribution in [2.75, 3.05) is 26.7 Å². The van der Waals surface area contributed by atoms with Crippen LogP contribution in [0.4, 0.5) is 0 Å². The fraction of sp³-hybridized carbons (Fsp3) is 0.368. The molecule has 1 amide bonds. The summed E-state index contributed by atoms with van der Waals surface area (Å²) in [4.78, 5) is 36.8. The molecular formula is C38H39Cl2N7O4. The zero-order valence-corrected chi connectivity index (χ0v) is 30.0.